The molecule has 1 aromatic carbocycles. The van der Waals surface area contributed by atoms with Crippen LogP contribution in [0.25, 0.3) is 6.08 Å². The molecule has 0 saturated carbocycles. The predicted molar refractivity (Wildman–Crippen MR) is 98.6 cm³/mol. The molecule has 24 heavy (non-hydrogen) atoms. The van der Waals surface area contributed by atoms with Crippen molar-refractivity contribution in [2.24, 2.45) is 0 Å². The van der Waals surface area contributed by atoms with Crippen molar-refractivity contribution in [2.75, 3.05) is 6.61 Å². The molecule has 4 heteroatoms. The molecule has 0 saturated heterocycles. The lowest BCUT2D eigenvalue weighted by Gasteiger charge is -2.19. The molecule has 4 nitrogen and oxygen atoms in total. The summed E-state index contributed by atoms with van der Waals surface area (Å²) in [5, 5.41) is 22.1. The van der Waals surface area contributed by atoms with Gasteiger partial charge in [-0.1, -0.05) is 63.1 Å². The van der Waals surface area contributed by atoms with Crippen LogP contribution >= 0.6 is 0 Å². The Labute approximate surface area is 145 Å². The van der Waals surface area contributed by atoms with E-state index in [9.17, 15) is 15.0 Å². The Balaban J connectivity index is 2.54. The van der Waals surface area contributed by atoms with Crippen LogP contribution in [0.1, 0.15) is 57.1 Å². The summed E-state index contributed by atoms with van der Waals surface area (Å²) in [5.41, 5.74) is 2.31. The summed E-state index contributed by atoms with van der Waals surface area (Å²) in [4.78, 5) is 11.6. The molecular weight excluding hydrogens is 302 g/mol. The van der Waals surface area contributed by atoms with Gasteiger partial charge >= 0.3 is 0 Å². The second-order valence-electron chi connectivity index (χ2n) is 6.15. The molecular formula is C20H31NO3. The summed E-state index contributed by atoms with van der Waals surface area (Å²) in [7, 11) is 0. The Kier molecular flexibility index (Phi) is 10.0. The second-order valence-corrected chi connectivity index (χ2v) is 6.15. The number of benzene rings is 1. The molecule has 2 atom stereocenters. The number of hydrogen-bond donors (Lipinski definition) is 3. The number of aryl methyl sites for hydroxylation is 1. The average Bonchev–Trinajstić information content (AvgIpc) is 2.59. The Bertz CT molecular complexity index is 496. The molecule has 1 amide bonds. The van der Waals surface area contributed by atoms with E-state index in [2.05, 4.69) is 24.4 Å². The Morgan fingerprint density at radius 3 is 2.46 bits per heavy atom. The van der Waals surface area contributed by atoms with Crippen molar-refractivity contribution in [3.05, 3.63) is 41.5 Å². The largest absolute Gasteiger partial charge is 0.394 e. The minimum atomic E-state index is -0.917. The smallest absolute Gasteiger partial charge is 0.220 e. The first kappa shape index (κ1) is 20.4. The molecule has 0 radical (unpaired) electrons. The monoisotopic (exact) mass is 333 g/mol. The van der Waals surface area contributed by atoms with Crippen LogP contribution in [0.4, 0.5) is 0 Å². The van der Waals surface area contributed by atoms with Gasteiger partial charge in [-0.3, -0.25) is 4.79 Å². The van der Waals surface area contributed by atoms with Gasteiger partial charge in [-0.15, -0.1) is 0 Å². The number of rotatable bonds is 11. The lowest BCUT2D eigenvalue weighted by atomic mass is 10.0. The van der Waals surface area contributed by atoms with Gasteiger partial charge < -0.3 is 15.5 Å². The van der Waals surface area contributed by atoms with E-state index >= 15 is 0 Å². The van der Waals surface area contributed by atoms with Crippen LogP contribution in [0, 0.1) is 0 Å². The molecule has 0 bridgehead atoms. The number of amides is 1. The van der Waals surface area contributed by atoms with Crippen LogP contribution in [0.15, 0.2) is 30.3 Å². The topological polar surface area (TPSA) is 69.6 Å². The first-order chi connectivity index (χ1) is 11.6. The molecule has 1 rings (SSSR count). The highest BCUT2D eigenvalue weighted by Gasteiger charge is 2.17. The highest BCUT2D eigenvalue weighted by atomic mass is 16.3. The van der Waals surface area contributed by atoms with Crippen molar-refractivity contribution in [3.63, 3.8) is 0 Å². The second kappa shape index (κ2) is 11.8. The van der Waals surface area contributed by atoms with E-state index in [1.165, 1.54) is 24.8 Å². The van der Waals surface area contributed by atoms with Gasteiger partial charge in [-0.05, 0) is 30.4 Å². The molecule has 0 fully saturated rings. The summed E-state index contributed by atoms with van der Waals surface area (Å²) in [5.74, 6) is -0.152. The van der Waals surface area contributed by atoms with E-state index in [1.807, 2.05) is 25.1 Å². The molecule has 0 aromatic heterocycles. The predicted octanol–water partition coefficient (Wildman–Crippen LogP) is 3.07. The number of carbonyl (C=O) groups excluding carboxylic acids is 1. The zero-order valence-corrected chi connectivity index (χ0v) is 14.9. The number of aliphatic hydroxyl groups excluding tert-OH is 2. The van der Waals surface area contributed by atoms with Crippen LogP contribution in [0.3, 0.4) is 0 Å². The Hall–Kier alpha value is -1.65. The summed E-state index contributed by atoms with van der Waals surface area (Å²) < 4.78 is 0. The fourth-order valence-electron chi connectivity index (χ4n) is 2.46. The molecule has 3 N–H and O–H groups in total. The molecule has 0 unspecified atom stereocenters. The van der Waals surface area contributed by atoms with E-state index in [4.69, 9.17) is 0 Å². The van der Waals surface area contributed by atoms with Crippen LogP contribution in [0.2, 0.25) is 0 Å². The zero-order chi connectivity index (χ0) is 17.8. The molecule has 0 heterocycles. The SMILES string of the molecule is CCCCCc1ccc(/C=C/[C@@H](O)[C@H](CO)NC(=O)CCC)cc1. The number of nitrogens with one attached hydrogen (secondary N) is 1. The van der Waals surface area contributed by atoms with E-state index in [0.29, 0.717) is 6.42 Å². The van der Waals surface area contributed by atoms with Gasteiger partial charge in [-0.25, -0.2) is 0 Å². The van der Waals surface area contributed by atoms with Crippen molar-refractivity contribution in [1.29, 1.82) is 0 Å². The summed E-state index contributed by atoms with van der Waals surface area (Å²) in [6.45, 7) is 3.82. The minimum absolute atomic E-state index is 0.152. The summed E-state index contributed by atoms with van der Waals surface area (Å²) in [6.07, 6.45) is 8.41. The summed E-state index contributed by atoms with van der Waals surface area (Å²) >= 11 is 0. The van der Waals surface area contributed by atoms with Crippen LogP contribution in [-0.2, 0) is 11.2 Å². The maximum atomic E-state index is 11.6. The Morgan fingerprint density at radius 2 is 1.88 bits per heavy atom. The average molecular weight is 333 g/mol. The third-order valence-corrected chi connectivity index (χ3v) is 3.97. The van der Waals surface area contributed by atoms with Crippen molar-refractivity contribution in [3.8, 4) is 0 Å². The highest BCUT2D eigenvalue weighted by molar-refractivity contribution is 5.76. The lowest BCUT2D eigenvalue weighted by molar-refractivity contribution is -0.122. The van der Waals surface area contributed by atoms with Crippen molar-refractivity contribution >= 4 is 12.0 Å². The number of aliphatic hydroxyl groups is 2. The van der Waals surface area contributed by atoms with Gasteiger partial charge in [0.2, 0.25) is 5.91 Å². The van der Waals surface area contributed by atoms with Crippen molar-refractivity contribution in [2.45, 2.75) is 64.5 Å². The van der Waals surface area contributed by atoms with Crippen LogP contribution < -0.4 is 5.32 Å². The first-order valence-electron chi connectivity index (χ1n) is 8.96. The lowest BCUT2D eigenvalue weighted by Crippen LogP contribution is -2.45. The molecule has 0 aliphatic heterocycles. The van der Waals surface area contributed by atoms with E-state index in [0.717, 1.165) is 18.4 Å². The molecule has 0 aliphatic carbocycles. The molecule has 134 valence electrons. The number of hydrogen-bond acceptors (Lipinski definition) is 3. The Morgan fingerprint density at radius 1 is 1.17 bits per heavy atom. The number of unbranched alkanes of at least 4 members (excludes halogenated alkanes) is 2. The fourth-order valence-corrected chi connectivity index (χ4v) is 2.46. The fraction of sp³-hybridized carbons (Fsp3) is 0.550. The van der Waals surface area contributed by atoms with Gasteiger partial charge in [0.1, 0.15) is 0 Å². The normalized spacial score (nSPS) is 13.8. The summed E-state index contributed by atoms with van der Waals surface area (Å²) in [6, 6.07) is 7.58. The van der Waals surface area contributed by atoms with Gasteiger partial charge in [-0.2, -0.15) is 0 Å². The van der Waals surface area contributed by atoms with Gasteiger partial charge in [0.05, 0.1) is 18.8 Å². The van der Waals surface area contributed by atoms with E-state index < -0.39 is 12.1 Å². The van der Waals surface area contributed by atoms with Crippen LogP contribution in [-0.4, -0.2) is 34.9 Å². The van der Waals surface area contributed by atoms with Crippen LogP contribution in [0.5, 0.6) is 0 Å². The maximum Gasteiger partial charge on any atom is 0.220 e. The third kappa shape index (κ3) is 7.75. The van der Waals surface area contributed by atoms with Gasteiger partial charge in [0.15, 0.2) is 0 Å². The van der Waals surface area contributed by atoms with E-state index in [1.54, 1.807) is 6.08 Å². The zero-order valence-electron chi connectivity index (χ0n) is 14.9. The molecule has 0 aliphatic rings. The third-order valence-electron chi connectivity index (χ3n) is 3.97. The minimum Gasteiger partial charge on any atom is -0.394 e. The van der Waals surface area contributed by atoms with Gasteiger partial charge in [0, 0.05) is 6.42 Å². The van der Waals surface area contributed by atoms with E-state index in [-0.39, 0.29) is 12.5 Å². The standard InChI is InChI=1S/C20H31NO3/c1-3-5-6-8-16-9-11-17(12-10-16)13-14-19(23)18(15-22)21-20(24)7-4-2/h9-14,18-19,22-23H,3-8,15H2,1-2H3,(H,21,24)/b14-13+/t18-,19+/m0/s1. The first-order valence-corrected chi connectivity index (χ1v) is 8.96. The quantitative estimate of drug-likeness (QED) is 0.545. The number of carbonyl (C=O) groups is 1. The van der Waals surface area contributed by atoms with Crippen molar-refractivity contribution in [1.82, 2.24) is 5.32 Å². The highest BCUT2D eigenvalue weighted by Crippen LogP contribution is 2.11. The van der Waals surface area contributed by atoms with Gasteiger partial charge in [0.25, 0.3) is 0 Å². The maximum absolute atomic E-state index is 11.6. The molecule has 0 spiro atoms. The molecule has 1 aromatic rings. The van der Waals surface area contributed by atoms with Crippen molar-refractivity contribution < 1.29 is 15.0 Å².